The fourth-order valence-corrected chi connectivity index (χ4v) is 1.77. The first-order valence-electron chi connectivity index (χ1n) is 6.54. The van der Waals surface area contributed by atoms with E-state index < -0.39 is 15.2 Å². The van der Waals surface area contributed by atoms with Gasteiger partial charge in [-0.15, -0.1) is 0 Å². The van der Waals surface area contributed by atoms with E-state index in [0.717, 1.165) is 25.7 Å². The van der Waals surface area contributed by atoms with Gasteiger partial charge in [0.2, 0.25) is 0 Å². The number of hydrogen-bond donors (Lipinski definition) is 1. The average Bonchev–Trinajstić information content (AvgIpc) is 2.31. The van der Waals surface area contributed by atoms with Gasteiger partial charge < -0.3 is 9.84 Å². The Balaban J connectivity index is 4.19. The number of carboxylic acid groups (broad SMARTS) is 1. The molecule has 0 spiro atoms. The highest BCUT2D eigenvalue weighted by Gasteiger charge is 2.43. The summed E-state index contributed by atoms with van der Waals surface area (Å²) in [5, 5.41) is 8.88. The van der Waals surface area contributed by atoms with Gasteiger partial charge in [0, 0.05) is 0 Å². The van der Waals surface area contributed by atoms with Crippen molar-refractivity contribution in [2.45, 2.75) is 62.2 Å². The third-order valence-electron chi connectivity index (χ3n) is 2.81. The number of alkyl halides is 2. The van der Waals surface area contributed by atoms with Crippen LogP contribution in [0.1, 0.15) is 52.9 Å². The minimum absolute atomic E-state index is 0.228. The SMILES string of the molecule is CCC(CCCCC(C)C)OC(=O)C(Br)(Br)C(=O)O. The molecule has 0 rings (SSSR count). The van der Waals surface area contributed by atoms with Gasteiger partial charge in [0.25, 0.3) is 3.23 Å². The highest BCUT2D eigenvalue weighted by molar-refractivity contribution is 9.26. The van der Waals surface area contributed by atoms with Crippen LogP contribution in [-0.2, 0) is 14.3 Å². The summed E-state index contributed by atoms with van der Waals surface area (Å²) >= 11 is 5.63. The van der Waals surface area contributed by atoms with Crippen LogP contribution in [0.5, 0.6) is 0 Å². The smallest absolute Gasteiger partial charge is 0.345 e. The highest BCUT2D eigenvalue weighted by Crippen LogP contribution is 2.29. The molecule has 0 aliphatic carbocycles. The Hall–Kier alpha value is -0.100. The molecule has 19 heavy (non-hydrogen) atoms. The number of unbranched alkanes of at least 4 members (excludes halogenated alkanes) is 1. The highest BCUT2D eigenvalue weighted by atomic mass is 79.9. The lowest BCUT2D eigenvalue weighted by atomic mass is 10.0. The van der Waals surface area contributed by atoms with Gasteiger partial charge in [-0.1, -0.05) is 33.6 Å². The Labute approximate surface area is 131 Å². The molecule has 0 radical (unpaired) electrons. The molecule has 0 aromatic rings. The van der Waals surface area contributed by atoms with E-state index in [-0.39, 0.29) is 6.10 Å². The Morgan fingerprint density at radius 2 is 1.74 bits per heavy atom. The summed E-state index contributed by atoms with van der Waals surface area (Å²) in [7, 11) is 0. The average molecular weight is 402 g/mol. The van der Waals surface area contributed by atoms with Gasteiger partial charge in [-0.05, 0) is 57.0 Å². The summed E-state index contributed by atoms with van der Waals surface area (Å²) in [6.45, 7) is 6.27. The van der Waals surface area contributed by atoms with Crippen LogP contribution in [0, 0.1) is 5.92 Å². The summed E-state index contributed by atoms with van der Waals surface area (Å²) in [6.07, 6.45) is 4.45. The maximum atomic E-state index is 11.7. The van der Waals surface area contributed by atoms with Gasteiger partial charge in [0.05, 0.1) is 0 Å². The van der Waals surface area contributed by atoms with E-state index in [9.17, 15) is 9.59 Å². The quantitative estimate of drug-likeness (QED) is 0.273. The second-order valence-corrected chi connectivity index (χ2v) is 8.44. The minimum Gasteiger partial charge on any atom is -0.479 e. The van der Waals surface area contributed by atoms with Crippen molar-refractivity contribution in [1.82, 2.24) is 0 Å². The van der Waals surface area contributed by atoms with E-state index in [4.69, 9.17) is 9.84 Å². The van der Waals surface area contributed by atoms with Crippen molar-refractivity contribution < 1.29 is 19.4 Å². The molecule has 1 atom stereocenters. The van der Waals surface area contributed by atoms with E-state index in [1.54, 1.807) is 0 Å². The number of hydrogen-bond acceptors (Lipinski definition) is 3. The monoisotopic (exact) mass is 400 g/mol. The van der Waals surface area contributed by atoms with Gasteiger partial charge in [-0.3, -0.25) is 0 Å². The second kappa shape index (κ2) is 8.95. The lowest BCUT2D eigenvalue weighted by molar-refractivity contribution is -0.155. The molecule has 0 aliphatic rings. The lowest BCUT2D eigenvalue weighted by Crippen LogP contribution is -2.38. The molecule has 0 aromatic carbocycles. The maximum Gasteiger partial charge on any atom is 0.345 e. The van der Waals surface area contributed by atoms with Crippen LogP contribution in [0.2, 0.25) is 0 Å². The van der Waals surface area contributed by atoms with Crippen LogP contribution >= 0.6 is 31.9 Å². The summed E-state index contributed by atoms with van der Waals surface area (Å²) in [6, 6.07) is 0. The zero-order valence-electron chi connectivity index (χ0n) is 11.6. The standard InChI is InChI=1S/C13H22Br2O4/c1-4-10(8-6-5-7-9(2)3)19-12(18)13(14,15)11(16)17/h9-10H,4-8H2,1-3H3,(H,16,17). The second-order valence-electron chi connectivity index (χ2n) is 4.99. The van der Waals surface area contributed by atoms with Crippen molar-refractivity contribution >= 4 is 43.8 Å². The Kier molecular flexibility index (Phi) is 8.90. The number of halogens is 2. The van der Waals surface area contributed by atoms with Gasteiger partial charge in [0.15, 0.2) is 0 Å². The van der Waals surface area contributed by atoms with Crippen LogP contribution in [0.15, 0.2) is 0 Å². The minimum atomic E-state index is -1.84. The van der Waals surface area contributed by atoms with Gasteiger partial charge >= 0.3 is 11.9 Å². The van der Waals surface area contributed by atoms with E-state index in [0.29, 0.717) is 12.3 Å². The molecule has 0 heterocycles. The third-order valence-corrected chi connectivity index (χ3v) is 4.14. The molecule has 0 fully saturated rings. The summed E-state index contributed by atoms with van der Waals surface area (Å²) in [5.41, 5.74) is 0. The van der Waals surface area contributed by atoms with E-state index in [1.807, 2.05) is 6.92 Å². The first kappa shape index (κ1) is 18.9. The van der Waals surface area contributed by atoms with Crippen molar-refractivity contribution in [3.63, 3.8) is 0 Å². The largest absolute Gasteiger partial charge is 0.479 e. The number of carbonyl (C=O) groups is 2. The summed E-state index contributed by atoms with van der Waals surface area (Å²) in [4.78, 5) is 22.6. The number of rotatable bonds is 9. The fraction of sp³-hybridized carbons (Fsp3) is 0.846. The van der Waals surface area contributed by atoms with E-state index in [1.165, 1.54) is 0 Å². The molecule has 0 saturated heterocycles. The van der Waals surface area contributed by atoms with Crippen LogP contribution < -0.4 is 0 Å². The lowest BCUT2D eigenvalue weighted by Gasteiger charge is -2.20. The van der Waals surface area contributed by atoms with Crippen LogP contribution in [-0.4, -0.2) is 26.4 Å². The molecule has 1 unspecified atom stereocenters. The van der Waals surface area contributed by atoms with Crippen LogP contribution in [0.4, 0.5) is 0 Å². The van der Waals surface area contributed by atoms with Crippen molar-refractivity contribution in [2.75, 3.05) is 0 Å². The van der Waals surface area contributed by atoms with E-state index in [2.05, 4.69) is 45.7 Å². The fourth-order valence-electron chi connectivity index (χ4n) is 1.58. The van der Waals surface area contributed by atoms with Crippen LogP contribution in [0.25, 0.3) is 0 Å². The van der Waals surface area contributed by atoms with Gasteiger partial charge in [0.1, 0.15) is 6.10 Å². The first-order valence-corrected chi connectivity index (χ1v) is 8.12. The van der Waals surface area contributed by atoms with Crippen LogP contribution in [0.3, 0.4) is 0 Å². The number of carbonyl (C=O) groups excluding carboxylic acids is 1. The molecule has 1 N–H and O–H groups in total. The predicted molar refractivity (Wildman–Crippen MR) is 81.7 cm³/mol. The van der Waals surface area contributed by atoms with Gasteiger partial charge in [-0.25, -0.2) is 9.59 Å². The Morgan fingerprint density at radius 1 is 1.21 bits per heavy atom. The zero-order valence-corrected chi connectivity index (χ0v) is 14.8. The van der Waals surface area contributed by atoms with Crippen molar-refractivity contribution in [3.05, 3.63) is 0 Å². The zero-order chi connectivity index (χ0) is 15.1. The molecular formula is C13H22Br2O4. The maximum absolute atomic E-state index is 11.7. The first-order chi connectivity index (χ1) is 8.71. The molecule has 0 bridgehead atoms. The Morgan fingerprint density at radius 3 is 2.16 bits per heavy atom. The topological polar surface area (TPSA) is 63.6 Å². The number of carboxylic acids is 1. The molecule has 0 amide bonds. The summed E-state index contributed by atoms with van der Waals surface area (Å²) in [5.74, 6) is -1.45. The molecule has 0 saturated carbocycles. The normalized spacial score (nSPS) is 13.4. The third kappa shape index (κ3) is 7.30. The number of ether oxygens (including phenoxy) is 1. The van der Waals surface area contributed by atoms with E-state index >= 15 is 0 Å². The van der Waals surface area contributed by atoms with Crippen molar-refractivity contribution in [2.24, 2.45) is 5.92 Å². The molecule has 6 heteroatoms. The number of aliphatic carboxylic acids is 1. The molecular weight excluding hydrogens is 380 g/mol. The number of esters is 1. The summed E-state index contributed by atoms with van der Waals surface area (Å²) < 4.78 is 3.38. The molecule has 0 aromatic heterocycles. The molecule has 112 valence electrons. The predicted octanol–water partition coefficient (Wildman–Crippen LogP) is 4.10. The molecule has 4 nitrogen and oxygen atoms in total. The Bertz CT molecular complexity index is 303. The van der Waals surface area contributed by atoms with Gasteiger partial charge in [-0.2, -0.15) is 0 Å². The van der Waals surface area contributed by atoms with Crippen molar-refractivity contribution in [1.29, 1.82) is 0 Å². The molecule has 0 aliphatic heterocycles. The van der Waals surface area contributed by atoms with Crippen molar-refractivity contribution in [3.8, 4) is 0 Å².